The SMILES string of the molecule is O=C1CCC(/C=C/c2ccccc2O)NN1. The minimum absolute atomic E-state index is 0.0206. The van der Waals surface area contributed by atoms with Crippen LogP contribution >= 0.6 is 0 Å². The molecule has 1 aliphatic heterocycles. The molecule has 4 nitrogen and oxygen atoms in total. The molecule has 3 N–H and O–H groups in total. The van der Waals surface area contributed by atoms with Gasteiger partial charge in [0.25, 0.3) is 0 Å². The van der Waals surface area contributed by atoms with Crippen LogP contribution < -0.4 is 10.9 Å². The second-order valence-corrected chi connectivity index (χ2v) is 3.76. The number of nitrogens with one attached hydrogen (secondary N) is 2. The summed E-state index contributed by atoms with van der Waals surface area (Å²) in [4.78, 5) is 10.9. The Morgan fingerprint density at radius 3 is 2.88 bits per heavy atom. The van der Waals surface area contributed by atoms with E-state index >= 15 is 0 Å². The molecule has 2 rings (SSSR count). The Balaban J connectivity index is 1.99. The van der Waals surface area contributed by atoms with Crippen LogP contribution in [0.1, 0.15) is 18.4 Å². The van der Waals surface area contributed by atoms with E-state index in [2.05, 4.69) is 10.9 Å². The van der Waals surface area contributed by atoms with Gasteiger partial charge in [0.1, 0.15) is 5.75 Å². The van der Waals surface area contributed by atoms with Crippen molar-refractivity contribution in [2.75, 3.05) is 0 Å². The lowest BCUT2D eigenvalue weighted by molar-refractivity contribution is -0.123. The first kappa shape index (κ1) is 10.7. The van der Waals surface area contributed by atoms with E-state index in [9.17, 15) is 9.90 Å². The van der Waals surface area contributed by atoms with Gasteiger partial charge in [0.05, 0.1) is 0 Å². The summed E-state index contributed by atoms with van der Waals surface area (Å²) in [6.07, 6.45) is 5.09. The number of phenolic OH excluding ortho intramolecular Hbond substituents is 1. The molecule has 1 aromatic rings. The van der Waals surface area contributed by atoms with Gasteiger partial charge in [-0.15, -0.1) is 0 Å². The molecule has 1 aromatic carbocycles. The molecule has 84 valence electrons. The fraction of sp³-hybridized carbons (Fsp3) is 0.250. The fourth-order valence-corrected chi connectivity index (χ4v) is 1.59. The smallest absolute Gasteiger partial charge is 0.234 e. The van der Waals surface area contributed by atoms with Crippen LogP contribution in [0.2, 0.25) is 0 Å². The largest absolute Gasteiger partial charge is 0.507 e. The summed E-state index contributed by atoms with van der Waals surface area (Å²) in [5.41, 5.74) is 6.25. The van der Waals surface area contributed by atoms with Crippen molar-refractivity contribution in [3.63, 3.8) is 0 Å². The van der Waals surface area contributed by atoms with Gasteiger partial charge in [-0.1, -0.05) is 30.4 Å². The second kappa shape index (κ2) is 4.81. The van der Waals surface area contributed by atoms with Crippen LogP contribution in [0.5, 0.6) is 5.75 Å². The Morgan fingerprint density at radius 1 is 1.38 bits per heavy atom. The van der Waals surface area contributed by atoms with Crippen molar-refractivity contribution in [1.29, 1.82) is 0 Å². The fourth-order valence-electron chi connectivity index (χ4n) is 1.59. The van der Waals surface area contributed by atoms with Gasteiger partial charge in [-0.3, -0.25) is 10.2 Å². The molecule has 1 atom stereocenters. The Labute approximate surface area is 94.0 Å². The van der Waals surface area contributed by atoms with Crippen LogP contribution in [0.3, 0.4) is 0 Å². The third-order valence-electron chi connectivity index (χ3n) is 2.52. The third-order valence-corrected chi connectivity index (χ3v) is 2.52. The maximum absolute atomic E-state index is 10.9. The van der Waals surface area contributed by atoms with Gasteiger partial charge in [0, 0.05) is 18.0 Å². The van der Waals surface area contributed by atoms with E-state index < -0.39 is 0 Å². The summed E-state index contributed by atoms with van der Waals surface area (Å²) in [5, 5.41) is 9.54. The zero-order valence-electron chi connectivity index (χ0n) is 8.81. The number of aromatic hydroxyl groups is 1. The molecule has 0 aliphatic carbocycles. The molecule has 1 fully saturated rings. The standard InChI is InChI=1S/C12H14N2O2/c15-11-4-2-1-3-9(11)5-6-10-7-8-12(16)14-13-10/h1-6,10,13,15H,7-8H2,(H,14,16)/b6-5+. The maximum Gasteiger partial charge on any atom is 0.234 e. The highest BCUT2D eigenvalue weighted by Gasteiger charge is 2.14. The van der Waals surface area contributed by atoms with Crippen LogP contribution in [-0.4, -0.2) is 17.1 Å². The molecule has 4 heteroatoms. The number of amides is 1. The number of carbonyl (C=O) groups excluding carboxylic acids is 1. The zero-order valence-corrected chi connectivity index (χ0v) is 8.81. The van der Waals surface area contributed by atoms with Crippen LogP contribution in [0, 0.1) is 0 Å². The highest BCUT2D eigenvalue weighted by molar-refractivity contribution is 5.76. The normalized spacial score (nSPS) is 21.0. The van der Waals surface area contributed by atoms with Crippen molar-refractivity contribution in [2.24, 2.45) is 0 Å². The summed E-state index contributed by atoms with van der Waals surface area (Å²) in [6.45, 7) is 0. The van der Waals surface area contributed by atoms with Gasteiger partial charge in [-0.2, -0.15) is 0 Å². The molecular weight excluding hydrogens is 204 g/mol. The number of carbonyl (C=O) groups is 1. The number of benzene rings is 1. The number of rotatable bonds is 2. The van der Waals surface area contributed by atoms with E-state index in [1.165, 1.54) is 0 Å². The topological polar surface area (TPSA) is 61.4 Å². The summed E-state index contributed by atoms with van der Waals surface area (Å²) in [7, 11) is 0. The van der Waals surface area contributed by atoms with Crippen LogP contribution in [0.25, 0.3) is 6.08 Å². The predicted molar refractivity (Wildman–Crippen MR) is 61.4 cm³/mol. The lowest BCUT2D eigenvalue weighted by Gasteiger charge is -2.20. The van der Waals surface area contributed by atoms with Crippen molar-refractivity contribution in [1.82, 2.24) is 10.9 Å². The van der Waals surface area contributed by atoms with Gasteiger partial charge in [0.15, 0.2) is 0 Å². The van der Waals surface area contributed by atoms with Gasteiger partial charge >= 0.3 is 0 Å². The number of para-hydroxylation sites is 1. The van der Waals surface area contributed by atoms with Gasteiger partial charge in [-0.25, -0.2) is 5.43 Å². The summed E-state index contributed by atoms with van der Waals surface area (Å²) < 4.78 is 0. The molecule has 1 unspecified atom stereocenters. The molecule has 16 heavy (non-hydrogen) atoms. The molecule has 0 aromatic heterocycles. The minimum Gasteiger partial charge on any atom is -0.507 e. The first-order valence-electron chi connectivity index (χ1n) is 5.26. The Kier molecular flexibility index (Phi) is 3.22. The molecule has 1 aliphatic rings. The summed E-state index contributed by atoms with van der Waals surface area (Å²) in [6, 6.07) is 7.27. The van der Waals surface area contributed by atoms with Crippen molar-refractivity contribution in [3.8, 4) is 5.75 Å². The number of phenols is 1. The van der Waals surface area contributed by atoms with Gasteiger partial charge in [0.2, 0.25) is 5.91 Å². The van der Waals surface area contributed by atoms with E-state index in [0.29, 0.717) is 6.42 Å². The molecule has 0 bridgehead atoms. The maximum atomic E-state index is 10.9. The second-order valence-electron chi connectivity index (χ2n) is 3.76. The predicted octanol–water partition coefficient (Wildman–Crippen LogP) is 1.19. The van der Waals surface area contributed by atoms with E-state index in [0.717, 1.165) is 12.0 Å². The molecule has 1 saturated heterocycles. The monoisotopic (exact) mass is 218 g/mol. The quantitative estimate of drug-likeness (QED) is 0.698. The van der Waals surface area contributed by atoms with Crippen molar-refractivity contribution in [3.05, 3.63) is 35.9 Å². The average molecular weight is 218 g/mol. The van der Waals surface area contributed by atoms with E-state index in [1.807, 2.05) is 24.3 Å². The first-order valence-corrected chi connectivity index (χ1v) is 5.26. The summed E-state index contributed by atoms with van der Waals surface area (Å²) in [5.74, 6) is 0.283. The molecule has 0 spiro atoms. The third kappa shape index (κ3) is 2.61. The Bertz CT molecular complexity index is 405. The molecule has 0 radical (unpaired) electrons. The van der Waals surface area contributed by atoms with E-state index in [1.54, 1.807) is 12.1 Å². The lowest BCUT2D eigenvalue weighted by atomic mass is 10.1. The first-order chi connectivity index (χ1) is 7.75. The van der Waals surface area contributed by atoms with Crippen molar-refractivity contribution in [2.45, 2.75) is 18.9 Å². The van der Waals surface area contributed by atoms with Gasteiger partial charge in [-0.05, 0) is 12.5 Å². The highest BCUT2D eigenvalue weighted by Crippen LogP contribution is 2.17. The Morgan fingerprint density at radius 2 is 2.19 bits per heavy atom. The Hall–Kier alpha value is -1.81. The minimum atomic E-state index is 0.0206. The molecule has 1 heterocycles. The van der Waals surface area contributed by atoms with Crippen LogP contribution in [0.15, 0.2) is 30.3 Å². The summed E-state index contributed by atoms with van der Waals surface area (Å²) >= 11 is 0. The number of hydrogen-bond acceptors (Lipinski definition) is 3. The van der Waals surface area contributed by atoms with Crippen molar-refractivity contribution < 1.29 is 9.90 Å². The molecule has 0 saturated carbocycles. The zero-order chi connectivity index (χ0) is 11.4. The molecule has 1 amide bonds. The van der Waals surface area contributed by atoms with E-state index in [-0.39, 0.29) is 17.7 Å². The highest BCUT2D eigenvalue weighted by atomic mass is 16.3. The van der Waals surface area contributed by atoms with E-state index in [4.69, 9.17) is 0 Å². The van der Waals surface area contributed by atoms with Crippen LogP contribution in [-0.2, 0) is 4.79 Å². The number of hydrazine groups is 1. The van der Waals surface area contributed by atoms with Crippen LogP contribution in [0.4, 0.5) is 0 Å². The van der Waals surface area contributed by atoms with Gasteiger partial charge < -0.3 is 5.11 Å². The number of hydrogen-bond donors (Lipinski definition) is 3. The lowest BCUT2D eigenvalue weighted by Crippen LogP contribution is -2.48. The molecular formula is C12H14N2O2. The van der Waals surface area contributed by atoms with Crippen molar-refractivity contribution >= 4 is 12.0 Å². The average Bonchev–Trinajstić information content (AvgIpc) is 2.30.